The van der Waals surface area contributed by atoms with E-state index in [1.54, 1.807) is 4.90 Å². The van der Waals surface area contributed by atoms with Gasteiger partial charge in [0, 0.05) is 24.7 Å². The van der Waals surface area contributed by atoms with E-state index in [-0.39, 0.29) is 30.3 Å². The lowest BCUT2D eigenvalue weighted by Crippen LogP contribution is -2.45. The first-order valence-electron chi connectivity index (χ1n) is 10.7. The number of fused-ring (bicyclic) bond motifs is 1. The second-order valence-corrected chi connectivity index (χ2v) is 8.70. The normalized spacial score (nSPS) is 17.0. The third-order valence-electron chi connectivity index (χ3n) is 6.27. The van der Waals surface area contributed by atoms with Gasteiger partial charge in [0.05, 0.1) is 19.4 Å². The van der Waals surface area contributed by atoms with Gasteiger partial charge in [0.25, 0.3) is 0 Å². The van der Waals surface area contributed by atoms with Crippen LogP contribution in [0.5, 0.6) is 0 Å². The number of ether oxygens (including phenoxy) is 1. The van der Waals surface area contributed by atoms with Crippen molar-refractivity contribution in [2.24, 2.45) is 5.92 Å². The second kappa shape index (κ2) is 10.8. The van der Waals surface area contributed by atoms with E-state index >= 15 is 0 Å². The van der Waals surface area contributed by atoms with Crippen molar-refractivity contribution in [2.45, 2.75) is 37.6 Å². The molecule has 0 heterocycles. The fraction of sp³-hybridized carbons (Fsp3) is 0.440. The fourth-order valence-electron chi connectivity index (χ4n) is 4.54. The van der Waals surface area contributed by atoms with Crippen LogP contribution in [0.15, 0.2) is 48.5 Å². The SMILES string of the molecule is CN[C@H](Cc1ccc(Cl)cc1)CN(C)C(=O)[C@@H](CC(=O)OC)[C@H]1CCc2ccccc21. The van der Waals surface area contributed by atoms with Gasteiger partial charge in [-0.3, -0.25) is 9.59 Å². The molecule has 31 heavy (non-hydrogen) atoms. The zero-order valence-corrected chi connectivity index (χ0v) is 19.2. The van der Waals surface area contributed by atoms with Gasteiger partial charge < -0.3 is 15.0 Å². The van der Waals surface area contributed by atoms with E-state index in [4.69, 9.17) is 16.3 Å². The molecule has 0 aliphatic heterocycles. The number of esters is 1. The third-order valence-corrected chi connectivity index (χ3v) is 6.52. The summed E-state index contributed by atoms with van der Waals surface area (Å²) in [5.74, 6) is -0.741. The van der Waals surface area contributed by atoms with Gasteiger partial charge in [0.15, 0.2) is 0 Å². The van der Waals surface area contributed by atoms with Crippen LogP contribution < -0.4 is 5.32 Å². The predicted octanol–water partition coefficient (Wildman–Crippen LogP) is 3.84. The highest BCUT2D eigenvalue weighted by Gasteiger charge is 2.37. The molecule has 3 atom stereocenters. The molecule has 166 valence electrons. The Labute approximate surface area is 189 Å². The molecule has 2 aromatic rings. The predicted molar refractivity (Wildman–Crippen MR) is 123 cm³/mol. The average molecular weight is 443 g/mol. The summed E-state index contributed by atoms with van der Waals surface area (Å²) in [5.41, 5.74) is 3.61. The molecule has 0 fully saturated rings. The zero-order chi connectivity index (χ0) is 22.4. The van der Waals surface area contributed by atoms with Crippen molar-refractivity contribution in [3.63, 3.8) is 0 Å². The van der Waals surface area contributed by atoms with Crippen molar-refractivity contribution < 1.29 is 14.3 Å². The first-order chi connectivity index (χ1) is 14.9. The van der Waals surface area contributed by atoms with Crippen LogP contribution in [0.25, 0.3) is 0 Å². The van der Waals surface area contributed by atoms with Crippen molar-refractivity contribution in [2.75, 3.05) is 27.7 Å². The largest absolute Gasteiger partial charge is 0.469 e. The van der Waals surface area contributed by atoms with Crippen LogP contribution in [-0.4, -0.2) is 50.6 Å². The van der Waals surface area contributed by atoms with E-state index in [0.717, 1.165) is 24.8 Å². The Bertz CT molecular complexity index is 900. The lowest BCUT2D eigenvalue weighted by molar-refractivity contribution is -0.147. The minimum atomic E-state index is -0.422. The topological polar surface area (TPSA) is 58.6 Å². The lowest BCUT2D eigenvalue weighted by atomic mass is 9.84. The molecule has 0 aromatic heterocycles. The molecule has 1 aliphatic carbocycles. The molecule has 5 nitrogen and oxygen atoms in total. The molecule has 0 unspecified atom stereocenters. The van der Waals surface area contributed by atoms with Gasteiger partial charge in [-0.05, 0) is 61.1 Å². The van der Waals surface area contributed by atoms with Gasteiger partial charge in [-0.2, -0.15) is 0 Å². The van der Waals surface area contributed by atoms with E-state index in [2.05, 4.69) is 17.4 Å². The highest BCUT2D eigenvalue weighted by atomic mass is 35.5. The number of rotatable bonds is 9. The molecule has 6 heteroatoms. The molecule has 0 saturated heterocycles. The lowest BCUT2D eigenvalue weighted by Gasteiger charge is -2.30. The Balaban J connectivity index is 1.73. The van der Waals surface area contributed by atoms with Crippen molar-refractivity contribution in [1.82, 2.24) is 10.2 Å². The standard InChI is InChI=1S/C25H31ClN2O3/c1-27-20(14-17-8-11-19(26)12-9-17)16-28(2)25(30)23(15-24(29)31-3)22-13-10-18-6-4-5-7-21(18)22/h4-9,11-12,20,22-23,27H,10,13-16H2,1-3H3/t20-,22+,23+/m1/s1. The Hall–Kier alpha value is -2.37. The van der Waals surface area contributed by atoms with Crippen LogP contribution in [-0.2, 0) is 27.2 Å². The molecule has 0 bridgehead atoms. The number of halogens is 1. The number of benzene rings is 2. The molecule has 3 rings (SSSR count). The zero-order valence-electron chi connectivity index (χ0n) is 18.4. The smallest absolute Gasteiger partial charge is 0.306 e. The van der Waals surface area contributed by atoms with E-state index in [0.29, 0.717) is 11.6 Å². The quantitative estimate of drug-likeness (QED) is 0.599. The van der Waals surface area contributed by atoms with Crippen molar-refractivity contribution >= 4 is 23.5 Å². The summed E-state index contributed by atoms with van der Waals surface area (Å²) >= 11 is 5.99. The number of nitrogens with zero attached hydrogens (tertiary/aromatic N) is 1. The van der Waals surface area contributed by atoms with Crippen LogP contribution in [0.4, 0.5) is 0 Å². The number of carbonyl (C=O) groups excluding carboxylic acids is 2. The van der Waals surface area contributed by atoms with Crippen molar-refractivity contribution in [3.8, 4) is 0 Å². The highest BCUT2D eigenvalue weighted by molar-refractivity contribution is 6.30. The Kier molecular flexibility index (Phi) is 8.10. The first-order valence-corrected chi connectivity index (χ1v) is 11.1. The molecule has 0 spiro atoms. The number of carbonyl (C=O) groups is 2. The summed E-state index contributed by atoms with van der Waals surface area (Å²) in [6.45, 7) is 0.546. The van der Waals surface area contributed by atoms with E-state index < -0.39 is 5.92 Å². The number of aryl methyl sites for hydroxylation is 1. The number of hydrogen-bond donors (Lipinski definition) is 1. The summed E-state index contributed by atoms with van der Waals surface area (Å²) in [6, 6.07) is 16.1. The maximum absolute atomic E-state index is 13.5. The highest BCUT2D eigenvalue weighted by Crippen LogP contribution is 2.40. The van der Waals surface area contributed by atoms with Crippen molar-refractivity contribution in [3.05, 3.63) is 70.2 Å². The van der Waals surface area contributed by atoms with Crippen LogP contribution in [0.2, 0.25) is 5.02 Å². The summed E-state index contributed by atoms with van der Waals surface area (Å²) in [6.07, 6.45) is 2.69. The molecule has 0 radical (unpaired) electrons. The molecule has 1 aliphatic rings. The minimum absolute atomic E-state index is 0.0107. The first kappa shape index (κ1) is 23.3. The fourth-order valence-corrected chi connectivity index (χ4v) is 4.67. The summed E-state index contributed by atoms with van der Waals surface area (Å²) < 4.78 is 4.92. The minimum Gasteiger partial charge on any atom is -0.469 e. The number of hydrogen-bond acceptors (Lipinski definition) is 4. The van der Waals surface area contributed by atoms with Gasteiger partial charge >= 0.3 is 5.97 Å². The molecular formula is C25H31ClN2O3. The number of nitrogens with one attached hydrogen (secondary N) is 1. The molecule has 1 amide bonds. The van der Waals surface area contributed by atoms with E-state index in [1.165, 1.54) is 18.2 Å². The number of methoxy groups -OCH3 is 1. The molecule has 2 aromatic carbocycles. The van der Waals surface area contributed by atoms with Crippen LogP contribution in [0, 0.1) is 5.92 Å². The van der Waals surface area contributed by atoms with Crippen molar-refractivity contribution in [1.29, 1.82) is 0 Å². The maximum Gasteiger partial charge on any atom is 0.306 e. The van der Waals surface area contributed by atoms with E-state index in [9.17, 15) is 9.59 Å². The Morgan fingerprint density at radius 2 is 1.90 bits per heavy atom. The maximum atomic E-state index is 13.5. The summed E-state index contributed by atoms with van der Waals surface area (Å²) in [7, 11) is 5.09. The third kappa shape index (κ3) is 5.86. The second-order valence-electron chi connectivity index (χ2n) is 8.27. The van der Waals surface area contributed by atoms with Crippen LogP contribution in [0.3, 0.4) is 0 Å². The van der Waals surface area contributed by atoms with Gasteiger partial charge in [-0.1, -0.05) is 48.0 Å². The summed E-state index contributed by atoms with van der Waals surface area (Å²) in [5, 5.41) is 4.02. The van der Waals surface area contributed by atoms with Gasteiger partial charge in [0.2, 0.25) is 5.91 Å². The average Bonchev–Trinajstić information content (AvgIpc) is 3.21. The van der Waals surface area contributed by atoms with E-state index in [1.807, 2.05) is 50.5 Å². The van der Waals surface area contributed by atoms with Gasteiger partial charge in [-0.15, -0.1) is 0 Å². The molecule has 1 N–H and O–H groups in total. The number of amides is 1. The monoisotopic (exact) mass is 442 g/mol. The number of likely N-dealkylation sites (N-methyl/N-ethyl adjacent to an activating group) is 2. The van der Waals surface area contributed by atoms with Gasteiger partial charge in [0.1, 0.15) is 0 Å². The Morgan fingerprint density at radius 1 is 1.19 bits per heavy atom. The molecular weight excluding hydrogens is 412 g/mol. The Morgan fingerprint density at radius 3 is 2.58 bits per heavy atom. The molecule has 0 saturated carbocycles. The van der Waals surface area contributed by atoms with Crippen LogP contribution >= 0.6 is 11.6 Å². The van der Waals surface area contributed by atoms with Gasteiger partial charge in [-0.25, -0.2) is 0 Å². The summed E-state index contributed by atoms with van der Waals surface area (Å²) in [4.78, 5) is 27.4. The van der Waals surface area contributed by atoms with Crippen LogP contribution in [0.1, 0.15) is 35.4 Å².